The number of carbonyl (C=O) groups excluding carboxylic acids is 2. The van der Waals surface area contributed by atoms with Gasteiger partial charge in [-0.25, -0.2) is 0 Å². The van der Waals surface area contributed by atoms with Crippen LogP contribution in [-0.2, 0) is 9.53 Å². The smallest absolute Gasteiger partial charge is 0.163 e. The van der Waals surface area contributed by atoms with Crippen molar-refractivity contribution < 1.29 is 45.0 Å². The molecule has 66 heavy (non-hydrogen) atoms. The van der Waals surface area contributed by atoms with Crippen molar-refractivity contribution in [2.45, 2.75) is 173 Å². The first-order valence-electron chi connectivity index (χ1n) is 26.1. The molecule has 17 atom stereocenters. The Morgan fingerprint density at radius 2 is 1.71 bits per heavy atom. The molecule has 1 aromatic carbocycles. The standard InChI is InChI=1S/C57H76O9/c1-33(59)35-25-36-28-40-34(26-37(36)38(27-35)43(60)11-10-24-66-5)12-20-54-21-14-45-51(3,47(63)31-58)46(62)15-23-56(40,45)48(54)44(61)29-41-42-30-50(2)16-6-9-19-55(65)22-13-39(52(41,54)4)49(64)57(42,55)53(32-50)17-7-8-18-53/h25-29,33-34,39-40,42,45-49,58-59,62-65H,6-8,10-18,20-24,30-32H2,1-5H3/t33-,34+,39+,40+,42+,45+,46-,47+,48-,49-,50+,51-,52+,54+,55+,56+,57+/m0/s1. The van der Waals surface area contributed by atoms with E-state index in [4.69, 9.17) is 4.74 Å². The van der Waals surface area contributed by atoms with Crippen LogP contribution in [0.15, 0.2) is 23.8 Å². The lowest BCUT2D eigenvalue weighted by molar-refractivity contribution is -0.321. The summed E-state index contributed by atoms with van der Waals surface area (Å²) in [5.41, 5.74) is -3.30. The molecule has 0 saturated heterocycles. The zero-order valence-electron chi connectivity index (χ0n) is 40.2. The first-order chi connectivity index (χ1) is 31.4. The number of hydrogen-bond donors (Lipinski definition) is 6. The number of methoxy groups -OCH3 is 1. The summed E-state index contributed by atoms with van der Waals surface area (Å²) in [4.78, 5) is 30.7. The third kappa shape index (κ3) is 5.45. The number of carbonyl (C=O) groups is 2. The van der Waals surface area contributed by atoms with Gasteiger partial charge in [-0.3, -0.25) is 9.59 Å². The second-order valence-electron chi connectivity index (χ2n) is 24.8. The molecule has 6 N–H and O–H groups in total. The highest BCUT2D eigenvalue weighted by atomic mass is 16.5. The molecule has 0 radical (unpaired) electrons. The molecule has 11 aliphatic carbocycles. The lowest BCUT2D eigenvalue weighted by Gasteiger charge is -2.79. The minimum atomic E-state index is -1.37. The van der Waals surface area contributed by atoms with Crippen molar-refractivity contribution in [2.75, 3.05) is 20.3 Å². The largest absolute Gasteiger partial charge is 0.394 e. The Hall–Kier alpha value is -2.68. The van der Waals surface area contributed by atoms with E-state index in [9.17, 15) is 35.4 Å². The van der Waals surface area contributed by atoms with Crippen LogP contribution in [0.5, 0.6) is 0 Å². The number of hydrogen-bond acceptors (Lipinski definition) is 9. The highest BCUT2D eigenvalue weighted by Crippen LogP contribution is 2.85. The first-order valence-corrected chi connectivity index (χ1v) is 26.1. The maximum atomic E-state index is 16.4. The van der Waals surface area contributed by atoms with Crippen LogP contribution in [0, 0.1) is 85.3 Å². The fourth-order valence-electron chi connectivity index (χ4n) is 20.3. The van der Waals surface area contributed by atoms with Crippen molar-refractivity contribution in [3.05, 3.63) is 45.3 Å². The molecule has 3 spiro atoms. The molecule has 5 bridgehead atoms. The van der Waals surface area contributed by atoms with Gasteiger partial charge in [-0.15, -0.1) is 5.92 Å². The monoisotopic (exact) mass is 905 g/mol. The Morgan fingerprint density at radius 3 is 2.44 bits per heavy atom. The van der Waals surface area contributed by atoms with Gasteiger partial charge in [0.25, 0.3) is 0 Å². The van der Waals surface area contributed by atoms with E-state index < -0.39 is 69.6 Å². The van der Waals surface area contributed by atoms with Crippen LogP contribution < -0.4 is 10.4 Å². The van der Waals surface area contributed by atoms with Gasteiger partial charge in [-0.2, -0.15) is 0 Å². The second-order valence-corrected chi connectivity index (χ2v) is 24.8. The Balaban J connectivity index is 1.17. The van der Waals surface area contributed by atoms with E-state index >= 15 is 4.79 Å². The van der Waals surface area contributed by atoms with E-state index in [1.54, 1.807) is 14.0 Å². The number of aliphatic hydroxyl groups is 6. The Morgan fingerprint density at radius 1 is 0.955 bits per heavy atom. The van der Waals surface area contributed by atoms with Crippen molar-refractivity contribution in [1.29, 1.82) is 0 Å². The highest BCUT2D eigenvalue weighted by Gasteiger charge is 2.84. The average Bonchev–Trinajstić information content (AvgIpc) is 3.75. The molecule has 0 amide bonds. The molecule has 0 unspecified atom stereocenters. The molecule has 12 rings (SSSR count). The fourth-order valence-corrected chi connectivity index (χ4v) is 20.3. The van der Waals surface area contributed by atoms with Crippen molar-refractivity contribution in [2.24, 2.45) is 73.4 Å². The van der Waals surface area contributed by atoms with E-state index in [0.717, 1.165) is 73.8 Å². The number of allylic oxidation sites excluding steroid dienone is 2. The molecule has 1 aromatic rings. The quantitative estimate of drug-likeness (QED) is 0.101. The summed E-state index contributed by atoms with van der Waals surface area (Å²) in [6.45, 7) is 8.49. The third-order valence-corrected chi connectivity index (χ3v) is 22.6. The van der Waals surface area contributed by atoms with Crippen LogP contribution in [0.2, 0.25) is 0 Å². The second kappa shape index (κ2) is 15.2. The number of benzene rings is 1. The van der Waals surface area contributed by atoms with Crippen molar-refractivity contribution in [3.63, 3.8) is 0 Å². The van der Waals surface area contributed by atoms with Crippen LogP contribution >= 0.6 is 0 Å². The number of aliphatic hydroxyl groups excluding tert-OH is 5. The van der Waals surface area contributed by atoms with E-state index in [-0.39, 0.29) is 52.0 Å². The molecule has 358 valence electrons. The molecule has 0 aromatic heterocycles. The molecular weight excluding hydrogens is 829 g/mol. The van der Waals surface area contributed by atoms with Gasteiger partial charge < -0.3 is 35.4 Å². The number of Topliss-reactive ketones (excluding diaryl/α,β-unsaturated/α-hetero) is 1. The molecular formula is C57H76O9. The van der Waals surface area contributed by atoms with E-state index in [1.165, 1.54) is 0 Å². The number of ketones is 2. The van der Waals surface area contributed by atoms with Gasteiger partial charge in [0.2, 0.25) is 0 Å². The van der Waals surface area contributed by atoms with E-state index in [1.807, 2.05) is 19.1 Å². The van der Waals surface area contributed by atoms with Crippen LogP contribution in [-0.4, -0.2) is 86.4 Å². The number of ether oxygens (including phenoxy) is 1. The summed E-state index contributed by atoms with van der Waals surface area (Å²) in [5.74, 6) is 5.55. The van der Waals surface area contributed by atoms with Crippen LogP contribution in [0.3, 0.4) is 0 Å². The van der Waals surface area contributed by atoms with Gasteiger partial charge in [0.15, 0.2) is 11.6 Å². The summed E-state index contributed by atoms with van der Waals surface area (Å²) in [5, 5.41) is 75.1. The Bertz CT molecular complexity index is 2430. The zero-order chi connectivity index (χ0) is 46.6. The predicted octanol–water partition coefficient (Wildman–Crippen LogP) is 6.25. The van der Waals surface area contributed by atoms with Crippen LogP contribution in [0.25, 0.3) is 12.2 Å². The minimum absolute atomic E-state index is 0.00521. The number of fused-ring (bicyclic) bond motifs is 7. The van der Waals surface area contributed by atoms with Crippen molar-refractivity contribution in [3.8, 4) is 11.8 Å². The molecule has 11 aliphatic rings. The Kier molecular flexibility index (Phi) is 10.5. The molecule has 7 saturated carbocycles. The summed E-state index contributed by atoms with van der Waals surface area (Å²) in [7, 11) is 1.64. The van der Waals surface area contributed by atoms with Crippen LogP contribution in [0.1, 0.15) is 165 Å². The predicted molar refractivity (Wildman–Crippen MR) is 250 cm³/mol. The molecule has 9 nitrogen and oxygen atoms in total. The minimum Gasteiger partial charge on any atom is -0.394 e. The maximum absolute atomic E-state index is 16.4. The van der Waals surface area contributed by atoms with Crippen molar-refractivity contribution >= 4 is 23.7 Å². The summed E-state index contributed by atoms with van der Waals surface area (Å²) in [6, 6.07) is 3.88. The van der Waals surface area contributed by atoms with Gasteiger partial charge in [0, 0.05) is 54.3 Å². The first kappa shape index (κ1) is 45.7. The fraction of sp³-hybridized carbons (Fsp3) is 0.754. The topological polar surface area (TPSA) is 165 Å². The van der Waals surface area contributed by atoms with Gasteiger partial charge in [-0.1, -0.05) is 57.3 Å². The summed E-state index contributed by atoms with van der Waals surface area (Å²) < 4.78 is 5.32. The molecule has 7 fully saturated rings. The lowest BCUT2D eigenvalue weighted by Crippen LogP contribution is -2.80. The lowest BCUT2D eigenvalue weighted by atomic mass is 9.25. The summed E-state index contributed by atoms with van der Waals surface area (Å²) in [6.07, 6.45) is 16.1. The number of rotatable bonds is 8. The molecule has 9 heteroatoms. The van der Waals surface area contributed by atoms with E-state index in [0.29, 0.717) is 75.5 Å². The highest BCUT2D eigenvalue weighted by molar-refractivity contribution is 5.97. The third-order valence-electron chi connectivity index (χ3n) is 22.6. The van der Waals surface area contributed by atoms with Gasteiger partial charge in [0.1, 0.15) is 5.60 Å². The SMILES string of the molecule is COCCCC(=O)c1cc([C@H](C)O)cc2c1=C[C@H]1CC[C@@]34CC[C@@H]5[C@](C)([C@H](O)CO)[C@@H](O)CC[C@]5([C@@H]1C=2)[C@H]3C(=O)C=C1[C@H]2C[C@@]3(C)CCC#C[C@@]5(O)CC[C@H]([C@H](O)[C@@]25C2(CCCC2)C3)[C@]14C. The average molecular weight is 905 g/mol. The maximum Gasteiger partial charge on any atom is 0.163 e. The molecule has 0 heterocycles. The van der Waals surface area contributed by atoms with Crippen LogP contribution in [0.4, 0.5) is 0 Å². The van der Waals surface area contributed by atoms with Gasteiger partial charge in [-0.05, 0) is 182 Å². The Labute approximate surface area is 391 Å². The summed E-state index contributed by atoms with van der Waals surface area (Å²) >= 11 is 0. The zero-order valence-corrected chi connectivity index (χ0v) is 40.2. The van der Waals surface area contributed by atoms with E-state index in [2.05, 4.69) is 43.9 Å². The molecule has 0 aliphatic heterocycles. The van der Waals surface area contributed by atoms with Gasteiger partial charge in [0.05, 0.1) is 31.0 Å². The van der Waals surface area contributed by atoms with Gasteiger partial charge >= 0.3 is 0 Å². The van der Waals surface area contributed by atoms with Crippen molar-refractivity contribution in [1.82, 2.24) is 0 Å². The normalized spacial score (nSPS) is 47.5.